The molecule has 31 heavy (non-hydrogen) atoms. The summed E-state index contributed by atoms with van der Waals surface area (Å²) in [5.41, 5.74) is 0.371. The van der Waals surface area contributed by atoms with Gasteiger partial charge in [-0.05, 0) is 48.7 Å². The number of rotatable bonds is 8. The maximum atomic E-state index is 13.4. The van der Waals surface area contributed by atoms with Gasteiger partial charge in [0.2, 0.25) is 0 Å². The Hall–Kier alpha value is -3.52. The first-order valence-electron chi connectivity index (χ1n) is 9.83. The Labute approximate surface area is 181 Å². The second kappa shape index (κ2) is 9.53. The number of benzene rings is 3. The van der Waals surface area contributed by atoms with Crippen LogP contribution in [0.15, 0.2) is 83.8 Å². The number of hydrogen-bond acceptors (Lipinski definition) is 5. The number of para-hydroxylation sites is 1. The van der Waals surface area contributed by atoms with Gasteiger partial charge in [-0.15, -0.1) is 0 Å². The Morgan fingerprint density at radius 1 is 0.935 bits per heavy atom. The topological polar surface area (TPSA) is 97.6 Å². The largest absolute Gasteiger partial charge is 0.282 e. The van der Waals surface area contributed by atoms with Crippen molar-refractivity contribution in [3.05, 3.63) is 100 Å². The Morgan fingerprint density at radius 2 is 1.55 bits per heavy atom. The van der Waals surface area contributed by atoms with E-state index >= 15 is 0 Å². The number of amides is 1. The normalized spacial score (nSPS) is 11.1. The molecule has 3 rings (SSSR count). The minimum atomic E-state index is -4.31. The highest BCUT2D eigenvalue weighted by atomic mass is 32.2. The number of nitro benzene ring substituents is 1. The third kappa shape index (κ3) is 4.80. The average molecular weight is 439 g/mol. The molecule has 7 nitrogen and oxygen atoms in total. The van der Waals surface area contributed by atoms with E-state index < -0.39 is 26.5 Å². The summed E-state index contributed by atoms with van der Waals surface area (Å²) >= 11 is 0. The molecule has 0 radical (unpaired) electrons. The predicted octanol–water partition coefficient (Wildman–Crippen LogP) is 4.97. The van der Waals surface area contributed by atoms with Gasteiger partial charge in [-0.25, -0.2) is 8.42 Å². The molecule has 8 heteroatoms. The Kier molecular flexibility index (Phi) is 6.81. The fourth-order valence-electron chi connectivity index (χ4n) is 3.17. The summed E-state index contributed by atoms with van der Waals surface area (Å²) < 4.78 is 27.5. The maximum Gasteiger partial charge on any atom is 0.282 e. The van der Waals surface area contributed by atoms with Crippen molar-refractivity contribution in [2.45, 2.75) is 31.1 Å². The van der Waals surface area contributed by atoms with Crippen LogP contribution in [-0.4, -0.2) is 19.2 Å². The molecule has 0 atom stereocenters. The van der Waals surface area contributed by atoms with Gasteiger partial charge in [-0.2, -0.15) is 4.31 Å². The van der Waals surface area contributed by atoms with E-state index in [1.54, 1.807) is 42.5 Å². The van der Waals surface area contributed by atoms with Gasteiger partial charge in [0.1, 0.15) is 5.56 Å². The molecule has 0 aliphatic heterocycles. The zero-order valence-corrected chi connectivity index (χ0v) is 17.8. The molecular formula is C23H22N2O5S. The summed E-state index contributed by atoms with van der Waals surface area (Å²) in [5, 5.41) is 11.4. The SMILES string of the molecule is CCCCc1ccc(N(C(=O)c2ccccc2[N+](=O)[O-])S(=O)(=O)c2ccccc2)cc1. The van der Waals surface area contributed by atoms with Crippen molar-refractivity contribution in [2.75, 3.05) is 4.31 Å². The van der Waals surface area contributed by atoms with Crippen LogP contribution in [0.5, 0.6) is 0 Å². The molecule has 0 N–H and O–H groups in total. The molecule has 0 unspecified atom stereocenters. The Bertz CT molecular complexity index is 1180. The van der Waals surface area contributed by atoms with Crippen LogP contribution in [0.1, 0.15) is 35.7 Å². The number of hydrogen-bond donors (Lipinski definition) is 0. The highest BCUT2D eigenvalue weighted by Gasteiger charge is 2.34. The standard InChI is InChI=1S/C23H22N2O5S/c1-2-3-9-18-14-16-19(17-15-18)24(31(29,30)20-10-5-4-6-11-20)23(26)21-12-7-8-13-22(21)25(27)28/h4-8,10-17H,2-3,9H2,1H3. The lowest BCUT2D eigenvalue weighted by Crippen LogP contribution is -2.37. The van der Waals surface area contributed by atoms with E-state index in [2.05, 4.69) is 6.92 Å². The van der Waals surface area contributed by atoms with Gasteiger partial charge >= 0.3 is 0 Å². The summed E-state index contributed by atoms with van der Waals surface area (Å²) in [5.74, 6) is -0.988. The average Bonchev–Trinajstić information content (AvgIpc) is 2.79. The highest BCUT2D eigenvalue weighted by Crippen LogP contribution is 2.29. The quantitative estimate of drug-likeness (QED) is 0.365. The molecule has 0 saturated heterocycles. The lowest BCUT2D eigenvalue weighted by molar-refractivity contribution is -0.385. The molecule has 160 valence electrons. The van der Waals surface area contributed by atoms with E-state index in [0.717, 1.165) is 24.8 Å². The summed E-state index contributed by atoms with van der Waals surface area (Å²) in [4.78, 5) is 24.0. The molecule has 0 aromatic heterocycles. The number of sulfonamides is 1. The summed E-state index contributed by atoms with van der Waals surface area (Å²) in [6, 6.07) is 19.5. The van der Waals surface area contributed by atoms with Crippen molar-refractivity contribution in [3.63, 3.8) is 0 Å². The second-order valence-electron chi connectivity index (χ2n) is 6.93. The fourth-order valence-corrected chi connectivity index (χ4v) is 4.59. The highest BCUT2D eigenvalue weighted by molar-refractivity contribution is 7.93. The minimum absolute atomic E-state index is 0.0861. The number of anilines is 1. The molecule has 0 heterocycles. The van der Waals surface area contributed by atoms with Crippen LogP contribution in [-0.2, 0) is 16.4 Å². The number of nitrogens with zero attached hydrogens (tertiary/aromatic N) is 2. The van der Waals surface area contributed by atoms with Gasteiger partial charge in [0, 0.05) is 6.07 Å². The Morgan fingerprint density at radius 3 is 2.16 bits per heavy atom. The molecule has 0 spiro atoms. The van der Waals surface area contributed by atoms with Gasteiger partial charge in [-0.3, -0.25) is 14.9 Å². The van der Waals surface area contributed by atoms with Crippen molar-refractivity contribution in [1.82, 2.24) is 0 Å². The van der Waals surface area contributed by atoms with Crippen LogP contribution >= 0.6 is 0 Å². The van der Waals surface area contributed by atoms with Crippen molar-refractivity contribution in [3.8, 4) is 0 Å². The first-order chi connectivity index (χ1) is 14.9. The van der Waals surface area contributed by atoms with Crippen LogP contribution in [0.2, 0.25) is 0 Å². The zero-order chi connectivity index (χ0) is 22.4. The van der Waals surface area contributed by atoms with E-state index in [1.165, 1.54) is 36.4 Å². The van der Waals surface area contributed by atoms with Gasteiger partial charge in [0.25, 0.3) is 21.6 Å². The number of nitro groups is 1. The number of carbonyl (C=O) groups is 1. The molecule has 1 amide bonds. The number of aryl methyl sites for hydroxylation is 1. The third-order valence-electron chi connectivity index (χ3n) is 4.79. The predicted molar refractivity (Wildman–Crippen MR) is 119 cm³/mol. The minimum Gasteiger partial charge on any atom is -0.267 e. The monoisotopic (exact) mass is 438 g/mol. The van der Waals surface area contributed by atoms with Crippen LogP contribution in [0.3, 0.4) is 0 Å². The van der Waals surface area contributed by atoms with Crippen molar-refractivity contribution in [2.24, 2.45) is 0 Å². The first kappa shape index (κ1) is 22.2. The van der Waals surface area contributed by atoms with Crippen molar-refractivity contribution < 1.29 is 18.1 Å². The molecular weight excluding hydrogens is 416 g/mol. The molecule has 0 saturated carbocycles. The van der Waals surface area contributed by atoms with E-state index in [9.17, 15) is 23.3 Å². The van der Waals surface area contributed by atoms with Gasteiger partial charge in [-0.1, -0.05) is 55.8 Å². The van der Waals surface area contributed by atoms with Crippen molar-refractivity contribution >= 4 is 27.3 Å². The summed E-state index contributed by atoms with van der Waals surface area (Å²) in [6.07, 6.45) is 2.84. The van der Waals surface area contributed by atoms with Gasteiger partial charge < -0.3 is 0 Å². The van der Waals surface area contributed by atoms with Crippen LogP contribution < -0.4 is 4.31 Å². The van der Waals surface area contributed by atoms with Crippen LogP contribution in [0, 0.1) is 10.1 Å². The van der Waals surface area contributed by atoms with Crippen molar-refractivity contribution in [1.29, 1.82) is 0 Å². The van der Waals surface area contributed by atoms with Gasteiger partial charge in [0.05, 0.1) is 15.5 Å². The molecule has 3 aromatic rings. The molecule has 0 fully saturated rings. The van der Waals surface area contributed by atoms with Crippen LogP contribution in [0.4, 0.5) is 11.4 Å². The van der Waals surface area contributed by atoms with E-state index in [0.29, 0.717) is 4.31 Å². The fraction of sp³-hybridized carbons (Fsp3) is 0.174. The van der Waals surface area contributed by atoms with Gasteiger partial charge in [0.15, 0.2) is 0 Å². The van der Waals surface area contributed by atoms with E-state index in [4.69, 9.17) is 0 Å². The number of unbranched alkanes of at least 4 members (excludes halogenated alkanes) is 1. The summed E-state index contributed by atoms with van der Waals surface area (Å²) in [6.45, 7) is 2.08. The lowest BCUT2D eigenvalue weighted by atomic mass is 10.1. The lowest BCUT2D eigenvalue weighted by Gasteiger charge is -2.23. The molecule has 3 aromatic carbocycles. The molecule has 0 aliphatic carbocycles. The Balaban J connectivity index is 2.14. The van der Waals surface area contributed by atoms with Crippen LogP contribution in [0.25, 0.3) is 0 Å². The smallest absolute Gasteiger partial charge is 0.267 e. The number of carbonyl (C=O) groups excluding carboxylic acids is 1. The molecule has 0 bridgehead atoms. The maximum absolute atomic E-state index is 13.4. The zero-order valence-electron chi connectivity index (χ0n) is 17.0. The summed E-state index contributed by atoms with van der Waals surface area (Å²) in [7, 11) is -4.31. The van der Waals surface area contributed by atoms with E-state index in [1.807, 2.05) is 0 Å². The first-order valence-corrected chi connectivity index (χ1v) is 11.3. The third-order valence-corrected chi connectivity index (χ3v) is 6.51. The van der Waals surface area contributed by atoms with E-state index in [-0.39, 0.29) is 16.1 Å². The second-order valence-corrected chi connectivity index (χ2v) is 8.72. The molecule has 0 aliphatic rings.